The number of likely N-dealkylation sites (tertiary alicyclic amines) is 1. The second-order valence-electron chi connectivity index (χ2n) is 4.72. The van der Waals surface area contributed by atoms with Gasteiger partial charge in [0.05, 0.1) is 0 Å². The number of amides is 1. The third-order valence-electron chi connectivity index (χ3n) is 3.25. The monoisotopic (exact) mass is 225 g/mol. The Labute approximate surface area is 95.9 Å². The van der Waals surface area contributed by atoms with E-state index in [9.17, 15) is 9.59 Å². The number of carbonyl (C=O) groups excluding carboxylic acids is 1. The summed E-state index contributed by atoms with van der Waals surface area (Å²) in [5, 5.41) is 8.47. The van der Waals surface area contributed by atoms with Crippen molar-refractivity contribution >= 4 is 11.9 Å². The summed E-state index contributed by atoms with van der Waals surface area (Å²) in [6.07, 6.45) is 3.16. The molecule has 0 bridgehead atoms. The molecular formula is C12H19NO3. The van der Waals surface area contributed by atoms with Gasteiger partial charge < -0.3 is 10.0 Å². The molecule has 3 atom stereocenters. The van der Waals surface area contributed by atoms with Crippen LogP contribution in [0.3, 0.4) is 0 Å². The molecule has 0 aromatic heterocycles. The fourth-order valence-corrected chi connectivity index (χ4v) is 2.24. The van der Waals surface area contributed by atoms with E-state index >= 15 is 0 Å². The van der Waals surface area contributed by atoms with Gasteiger partial charge in [-0.2, -0.15) is 0 Å². The maximum atomic E-state index is 11.8. The molecule has 1 N–H and O–H groups in total. The lowest BCUT2D eigenvalue weighted by Gasteiger charge is -2.40. The predicted molar refractivity (Wildman–Crippen MR) is 60.9 cm³/mol. The highest BCUT2D eigenvalue weighted by Crippen LogP contribution is 2.26. The molecule has 0 aromatic carbocycles. The van der Waals surface area contributed by atoms with Crippen LogP contribution in [0.5, 0.6) is 0 Å². The Balaban J connectivity index is 2.70. The van der Waals surface area contributed by atoms with Crippen LogP contribution in [0.4, 0.5) is 0 Å². The van der Waals surface area contributed by atoms with Crippen LogP contribution in [-0.4, -0.2) is 34.5 Å². The fourth-order valence-electron chi connectivity index (χ4n) is 2.24. The first-order valence-electron chi connectivity index (χ1n) is 5.63. The third kappa shape index (κ3) is 3.08. The lowest BCUT2D eigenvalue weighted by atomic mass is 9.86. The van der Waals surface area contributed by atoms with E-state index in [1.165, 1.54) is 0 Å². The Morgan fingerprint density at radius 1 is 1.25 bits per heavy atom. The fraction of sp³-hybridized carbons (Fsp3) is 0.667. The molecule has 0 aliphatic carbocycles. The van der Waals surface area contributed by atoms with Gasteiger partial charge in [-0.25, -0.2) is 4.79 Å². The van der Waals surface area contributed by atoms with Crippen LogP contribution in [0.15, 0.2) is 12.2 Å². The molecule has 1 heterocycles. The lowest BCUT2D eigenvalue weighted by molar-refractivity contribution is -0.134. The second kappa shape index (κ2) is 5.14. The average Bonchev–Trinajstić information content (AvgIpc) is 2.19. The summed E-state index contributed by atoms with van der Waals surface area (Å²) in [6, 6.07) is 0.183. The molecule has 1 aliphatic rings. The van der Waals surface area contributed by atoms with Gasteiger partial charge in [0, 0.05) is 24.7 Å². The third-order valence-corrected chi connectivity index (χ3v) is 3.25. The van der Waals surface area contributed by atoms with E-state index < -0.39 is 5.97 Å². The van der Waals surface area contributed by atoms with Crippen LogP contribution >= 0.6 is 0 Å². The normalized spacial score (nSPS) is 30.7. The number of aliphatic carboxylic acids is 1. The quantitative estimate of drug-likeness (QED) is 0.725. The van der Waals surface area contributed by atoms with Crippen LogP contribution in [0.25, 0.3) is 0 Å². The molecule has 1 aliphatic heterocycles. The van der Waals surface area contributed by atoms with Crippen molar-refractivity contribution in [2.24, 2.45) is 11.8 Å². The Hall–Kier alpha value is -1.32. The van der Waals surface area contributed by atoms with Crippen molar-refractivity contribution in [1.29, 1.82) is 0 Å². The largest absolute Gasteiger partial charge is 0.478 e. The summed E-state index contributed by atoms with van der Waals surface area (Å²) in [5.74, 6) is -0.341. The number of hydrogen-bond donors (Lipinski definition) is 1. The number of rotatable bonds is 2. The Morgan fingerprint density at radius 2 is 1.88 bits per heavy atom. The summed E-state index contributed by atoms with van der Waals surface area (Å²) < 4.78 is 0. The molecule has 1 amide bonds. The molecule has 0 radical (unpaired) electrons. The number of carboxylic acids is 1. The second-order valence-corrected chi connectivity index (χ2v) is 4.72. The predicted octanol–water partition coefficient (Wildman–Crippen LogP) is 1.52. The molecule has 0 saturated carbocycles. The highest BCUT2D eigenvalue weighted by Gasteiger charge is 2.30. The molecule has 3 unspecified atom stereocenters. The number of carboxylic acid groups (broad SMARTS) is 1. The Morgan fingerprint density at radius 3 is 2.44 bits per heavy atom. The van der Waals surface area contributed by atoms with Gasteiger partial charge in [-0.15, -0.1) is 0 Å². The lowest BCUT2D eigenvalue weighted by Crippen LogP contribution is -2.48. The molecule has 16 heavy (non-hydrogen) atoms. The van der Waals surface area contributed by atoms with Gasteiger partial charge in [-0.3, -0.25) is 4.79 Å². The number of piperidine rings is 1. The number of hydrogen-bond acceptors (Lipinski definition) is 2. The molecule has 0 aromatic rings. The van der Waals surface area contributed by atoms with Crippen molar-refractivity contribution < 1.29 is 14.7 Å². The Bertz CT molecular complexity index is 311. The van der Waals surface area contributed by atoms with E-state index in [4.69, 9.17) is 5.11 Å². The first kappa shape index (κ1) is 12.7. The van der Waals surface area contributed by atoms with E-state index in [1.807, 2.05) is 6.92 Å². The van der Waals surface area contributed by atoms with E-state index in [-0.39, 0.29) is 11.9 Å². The first-order valence-corrected chi connectivity index (χ1v) is 5.63. The molecule has 4 heteroatoms. The van der Waals surface area contributed by atoms with E-state index in [1.54, 1.807) is 4.90 Å². The zero-order valence-electron chi connectivity index (χ0n) is 10.0. The average molecular weight is 225 g/mol. The van der Waals surface area contributed by atoms with Crippen LogP contribution in [-0.2, 0) is 9.59 Å². The van der Waals surface area contributed by atoms with Crippen molar-refractivity contribution in [3.63, 3.8) is 0 Å². The molecule has 1 saturated heterocycles. The topological polar surface area (TPSA) is 57.6 Å². The minimum absolute atomic E-state index is 0.183. The molecule has 1 rings (SSSR count). The van der Waals surface area contributed by atoms with Gasteiger partial charge in [0.15, 0.2) is 0 Å². The van der Waals surface area contributed by atoms with Crippen molar-refractivity contribution in [1.82, 2.24) is 4.90 Å². The summed E-state index contributed by atoms with van der Waals surface area (Å²) >= 11 is 0. The number of nitrogens with zero attached hydrogens (tertiary/aromatic N) is 1. The van der Waals surface area contributed by atoms with Crippen LogP contribution < -0.4 is 0 Å². The first-order chi connectivity index (χ1) is 7.41. The summed E-state index contributed by atoms with van der Waals surface area (Å²) in [7, 11) is 0. The van der Waals surface area contributed by atoms with Crippen LogP contribution in [0.2, 0.25) is 0 Å². The molecule has 1 fully saturated rings. The Kier molecular flexibility index (Phi) is 4.10. The summed E-state index contributed by atoms with van der Waals surface area (Å²) in [5.41, 5.74) is 0. The van der Waals surface area contributed by atoms with Gasteiger partial charge in [0.25, 0.3) is 0 Å². The molecule has 4 nitrogen and oxygen atoms in total. The van der Waals surface area contributed by atoms with E-state index in [0.29, 0.717) is 18.4 Å². The van der Waals surface area contributed by atoms with Gasteiger partial charge in [0.1, 0.15) is 0 Å². The van der Waals surface area contributed by atoms with Crippen molar-refractivity contribution in [3.8, 4) is 0 Å². The summed E-state index contributed by atoms with van der Waals surface area (Å²) in [4.78, 5) is 23.9. The zero-order chi connectivity index (χ0) is 12.3. The van der Waals surface area contributed by atoms with E-state index in [2.05, 4.69) is 13.8 Å². The minimum Gasteiger partial charge on any atom is -0.478 e. The van der Waals surface area contributed by atoms with Crippen molar-refractivity contribution in [2.75, 3.05) is 6.54 Å². The minimum atomic E-state index is -1.08. The van der Waals surface area contributed by atoms with Gasteiger partial charge in [0.2, 0.25) is 5.91 Å². The SMILES string of the molecule is CC1CC(C)C(C)N(C(=O)/C=C/C(=O)O)C1. The standard InChI is InChI=1S/C12H19NO3/c1-8-6-9(2)10(3)13(7-8)11(14)4-5-12(15)16/h4-5,8-10H,6-7H2,1-3H3,(H,15,16)/b5-4+. The number of carbonyl (C=O) groups is 2. The smallest absolute Gasteiger partial charge is 0.328 e. The highest BCUT2D eigenvalue weighted by molar-refractivity contribution is 5.94. The van der Waals surface area contributed by atoms with Crippen LogP contribution in [0, 0.1) is 11.8 Å². The van der Waals surface area contributed by atoms with Gasteiger partial charge >= 0.3 is 5.97 Å². The van der Waals surface area contributed by atoms with Crippen molar-refractivity contribution in [3.05, 3.63) is 12.2 Å². The van der Waals surface area contributed by atoms with Gasteiger partial charge in [-0.05, 0) is 25.2 Å². The molecular weight excluding hydrogens is 206 g/mol. The van der Waals surface area contributed by atoms with Crippen LogP contribution in [0.1, 0.15) is 27.2 Å². The molecule has 90 valence electrons. The maximum absolute atomic E-state index is 11.8. The molecule has 0 spiro atoms. The summed E-state index contributed by atoms with van der Waals surface area (Å²) in [6.45, 7) is 6.97. The van der Waals surface area contributed by atoms with Gasteiger partial charge in [-0.1, -0.05) is 13.8 Å². The zero-order valence-corrected chi connectivity index (χ0v) is 10.0. The highest BCUT2D eigenvalue weighted by atomic mass is 16.4. The maximum Gasteiger partial charge on any atom is 0.328 e. The van der Waals surface area contributed by atoms with E-state index in [0.717, 1.165) is 18.6 Å². The van der Waals surface area contributed by atoms with Crippen molar-refractivity contribution in [2.45, 2.75) is 33.2 Å².